The number of nitrogens with zero attached hydrogens (tertiary/aromatic N) is 2. The Labute approximate surface area is 167 Å². The van der Waals surface area contributed by atoms with Crippen LogP contribution in [0.2, 0.25) is 0 Å². The number of halogens is 5. The molecule has 2 aromatic rings. The summed E-state index contributed by atoms with van der Waals surface area (Å²) in [5.41, 5.74) is 1.67. The highest BCUT2D eigenvalue weighted by Crippen LogP contribution is 2.41. The lowest BCUT2D eigenvalue weighted by Gasteiger charge is -2.41. The zero-order chi connectivity index (χ0) is 20.9. The van der Waals surface area contributed by atoms with E-state index in [4.69, 9.17) is 0 Å². The van der Waals surface area contributed by atoms with Crippen LogP contribution in [0.15, 0.2) is 66.7 Å². The Bertz CT molecular complexity index is 782. The lowest BCUT2D eigenvalue weighted by Crippen LogP contribution is -2.59. The molecular weight excluding hydrogens is 387 g/mol. The van der Waals surface area contributed by atoms with Gasteiger partial charge >= 0.3 is 12.1 Å². The van der Waals surface area contributed by atoms with E-state index in [9.17, 15) is 22.0 Å². The Morgan fingerprint density at radius 3 is 1.90 bits per heavy atom. The molecule has 0 saturated carbocycles. The van der Waals surface area contributed by atoms with Crippen LogP contribution < -0.4 is 0 Å². The molecule has 29 heavy (non-hydrogen) atoms. The molecule has 1 aliphatic rings. The van der Waals surface area contributed by atoms with Gasteiger partial charge in [-0.1, -0.05) is 72.8 Å². The first-order valence-corrected chi connectivity index (χ1v) is 9.45. The van der Waals surface area contributed by atoms with Crippen LogP contribution in [0.3, 0.4) is 0 Å². The molecule has 0 aliphatic carbocycles. The first kappa shape index (κ1) is 21.5. The summed E-state index contributed by atoms with van der Waals surface area (Å²) in [5.74, 6) is -4.83. The maximum absolute atomic E-state index is 14.3. The van der Waals surface area contributed by atoms with Gasteiger partial charge in [0.15, 0.2) is 0 Å². The summed E-state index contributed by atoms with van der Waals surface area (Å²) in [6, 6.07) is 16.1. The zero-order valence-corrected chi connectivity index (χ0v) is 15.8. The van der Waals surface area contributed by atoms with Gasteiger partial charge in [0.1, 0.15) is 6.04 Å². The van der Waals surface area contributed by atoms with Gasteiger partial charge in [-0.2, -0.15) is 22.0 Å². The van der Waals surface area contributed by atoms with Crippen LogP contribution in [-0.2, 0) is 6.54 Å². The van der Waals surface area contributed by atoms with Gasteiger partial charge in [-0.25, -0.2) is 0 Å². The molecule has 1 unspecified atom stereocenters. The Kier molecular flexibility index (Phi) is 6.70. The van der Waals surface area contributed by atoms with Gasteiger partial charge in [0.25, 0.3) is 0 Å². The van der Waals surface area contributed by atoms with Crippen molar-refractivity contribution in [2.75, 3.05) is 26.2 Å². The highest BCUT2D eigenvalue weighted by Gasteiger charge is 2.63. The van der Waals surface area contributed by atoms with Gasteiger partial charge in [0.2, 0.25) is 0 Å². The molecule has 7 heteroatoms. The molecule has 0 spiro atoms. The number of rotatable bonds is 6. The minimum Gasteiger partial charge on any atom is -0.297 e. The summed E-state index contributed by atoms with van der Waals surface area (Å²) in [6.07, 6.45) is -3.30. The minimum absolute atomic E-state index is 0.141. The van der Waals surface area contributed by atoms with Crippen molar-refractivity contribution in [1.82, 2.24) is 9.80 Å². The highest BCUT2D eigenvalue weighted by atomic mass is 19.4. The van der Waals surface area contributed by atoms with E-state index in [1.54, 1.807) is 30.3 Å². The summed E-state index contributed by atoms with van der Waals surface area (Å²) in [4.78, 5) is 3.30. The molecule has 1 heterocycles. The van der Waals surface area contributed by atoms with Crippen molar-refractivity contribution in [1.29, 1.82) is 0 Å². The zero-order valence-electron chi connectivity index (χ0n) is 15.8. The molecule has 0 N–H and O–H groups in total. The number of alkyl halides is 5. The van der Waals surface area contributed by atoms with Gasteiger partial charge < -0.3 is 0 Å². The van der Waals surface area contributed by atoms with Crippen molar-refractivity contribution in [3.63, 3.8) is 0 Å². The van der Waals surface area contributed by atoms with Gasteiger partial charge in [0, 0.05) is 32.7 Å². The average molecular weight is 410 g/mol. The van der Waals surface area contributed by atoms with Crippen LogP contribution in [0, 0.1) is 0 Å². The van der Waals surface area contributed by atoms with E-state index >= 15 is 0 Å². The Morgan fingerprint density at radius 2 is 1.34 bits per heavy atom. The molecule has 1 saturated heterocycles. The molecule has 1 atom stereocenters. The molecule has 0 aromatic heterocycles. The lowest BCUT2D eigenvalue weighted by molar-refractivity contribution is -0.298. The topological polar surface area (TPSA) is 6.48 Å². The number of benzene rings is 2. The monoisotopic (exact) mass is 410 g/mol. The van der Waals surface area contributed by atoms with Gasteiger partial charge in [-0.15, -0.1) is 0 Å². The molecule has 2 aromatic carbocycles. The third-order valence-corrected chi connectivity index (χ3v) is 5.07. The number of hydrogen-bond acceptors (Lipinski definition) is 2. The molecule has 156 valence electrons. The largest absolute Gasteiger partial charge is 0.455 e. The van der Waals surface area contributed by atoms with Crippen molar-refractivity contribution in [3.8, 4) is 0 Å². The quantitative estimate of drug-likeness (QED) is 0.613. The molecule has 2 nitrogen and oxygen atoms in total. The van der Waals surface area contributed by atoms with Crippen molar-refractivity contribution in [2.24, 2.45) is 0 Å². The smallest absolute Gasteiger partial charge is 0.297 e. The van der Waals surface area contributed by atoms with Crippen molar-refractivity contribution in [2.45, 2.75) is 24.7 Å². The van der Waals surface area contributed by atoms with E-state index in [1.807, 2.05) is 30.3 Å². The third-order valence-electron chi connectivity index (χ3n) is 5.07. The Hall–Kier alpha value is -2.25. The maximum Gasteiger partial charge on any atom is 0.455 e. The van der Waals surface area contributed by atoms with Crippen LogP contribution in [-0.4, -0.2) is 54.1 Å². The molecule has 0 radical (unpaired) electrons. The van der Waals surface area contributed by atoms with Crippen LogP contribution in [0.1, 0.15) is 11.1 Å². The van der Waals surface area contributed by atoms with Gasteiger partial charge in [-0.3, -0.25) is 9.80 Å². The highest BCUT2D eigenvalue weighted by molar-refractivity contribution is 5.50. The van der Waals surface area contributed by atoms with E-state index in [1.165, 1.54) is 11.0 Å². The first-order chi connectivity index (χ1) is 13.8. The second kappa shape index (κ2) is 9.05. The number of hydrogen-bond donors (Lipinski definition) is 0. The van der Waals surface area contributed by atoms with E-state index in [-0.39, 0.29) is 13.1 Å². The van der Waals surface area contributed by atoms with Gasteiger partial charge in [0.05, 0.1) is 0 Å². The summed E-state index contributed by atoms with van der Waals surface area (Å²) in [7, 11) is 0. The SMILES string of the molecule is FC(F)(F)C(F)(F)C(/C=C/c1ccccc1)N1CCN(Cc2ccccc2)CC1. The molecular formula is C22H23F5N2. The lowest BCUT2D eigenvalue weighted by atomic mass is 10.0. The third kappa shape index (κ3) is 5.42. The fourth-order valence-corrected chi connectivity index (χ4v) is 3.45. The average Bonchev–Trinajstić information content (AvgIpc) is 2.70. The van der Waals surface area contributed by atoms with E-state index in [0.29, 0.717) is 25.2 Å². The molecule has 1 aliphatic heterocycles. The Morgan fingerprint density at radius 1 is 0.793 bits per heavy atom. The minimum atomic E-state index is -5.61. The molecule has 0 amide bonds. The maximum atomic E-state index is 14.3. The fraction of sp³-hybridized carbons (Fsp3) is 0.364. The fourth-order valence-electron chi connectivity index (χ4n) is 3.45. The van der Waals surface area contributed by atoms with Crippen molar-refractivity contribution < 1.29 is 22.0 Å². The molecule has 1 fully saturated rings. The van der Waals surface area contributed by atoms with Crippen LogP contribution in [0.25, 0.3) is 6.08 Å². The predicted octanol–water partition coefficient (Wildman–Crippen LogP) is 5.08. The number of piperazine rings is 1. The second-order valence-electron chi connectivity index (χ2n) is 7.13. The van der Waals surface area contributed by atoms with E-state index in [0.717, 1.165) is 11.6 Å². The van der Waals surface area contributed by atoms with Crippen LogP contribution in [0.4, 0.5) is 22.0 Å². The van der Waals surface area contributed by atoms with E-state index in [2.05, 4.69) is 4.90 Å². The van der Waals surface area contributed by atoms with Crippen LogP contribution >= 0.6 is 0 Å². The predicted molar refractivity (Wildman–Crippen MR) is 104 cm³/mol. The first-order valence-electron chi connectivity index (χ1n) is 9.45. The van der Waals surface area contributed by atoms with E-state index < -0.39 is 18.1 Å². The summed E-state index contributed by atoms with van der Waals surface area (Å²) >= 11 is 0. The summed E-state index contributed by atoms with van der Waals surface area (Å²) < 4.78 is 67.9. The summed E-state index contributed by atoms with van der Waals surface area (Å²) in [6.45, 7) is 1.79. The second-order valence-corrected chi connectivity index (χ2v) is 7.13. The molecule has 0 bridgehead atoms. The van der Waals surface area contributed by atoms with Crippen molar-refractivity contribution in [3.05, 3.63) is 77.9 Å². The molecule has 3 rings (SSSR count). The van der Waals surface area contributed by atoms with Gasteiger partial charge in [-0.05, 0) is 11.1 Å². The standard InChI is InChI=1S/C22H23F5N2/c23-21(24,22(25,26)27)20(12-11-18-7-3-1-4-8-18)29-15-13-28(14-16-29)17-19-9-5-2-6-10-19/h1-12,20H,13-17H2/b12-11+. The normalized spacial score (nSPS) is 18.2. The Balaban J connectivity index is 1.72. The van der Waals surface area contributed by atoms with Crippen molar-refractivity contribution >= 4 is 6.08 Å². The van der Waals surface area contributed by atoms with Crippen LogP contribution in [0.5, 0.6) is 0 Å². The summed E-state index contributed by atoms with van der Waals surface area (Å²) in [5, 5.41) is 0.